The molecule has 21 heavy (non-hydrogen) atoms. The minimum Gasteiger partial charge on any atom is -0.483 e. The Morgan fingerprint density at radius 2 is 2.14 bits per heavy atom. The van der Waals surface area contributed by atoms with Gasteiger partial charge >= 0.3 is 0 Å². The summed E-state index contributed by atoms with van der Waals surface area (Å²) < 4.78 is 11.3. The maximum atomic E-state index is 12.0. The summed E-state index contributed by atoms with van der Waals surface area (Å²) in [6, 6.07) is 7.66. The zero-order chi connectivity index (χ0) is 14.7. The second-order valence-corrected chi connectivity index (χ2v) is 5.74. The molecule has 1 saturated carbocycles. The zero-order valence-corrected chi connectivity index (χ0v) is 12.1. The van der Waals surface area contributed by atoms with Gasteiger partial charge in [0.1, 0.15) is 5.75 Å². The predicted octanol–water partition coefficient (Wildman–Crippen LogP) is 1.21. The minimum absolute atomic E-state index is 0.0187. The lowest BCUT2D eigenvalue weighted by atomic mass is 10.1. The largest absolute Gasteiger partial charge is 0.483 e. The van der Waals surface area contributed by atoms with Crippen molar-refractivity contribution in [2.45, 2.75) is 38.0 Å². The van der Waals surface area contributed by atoms with Crippen LogP contribution in [0.4, 0.5) is 0 Å². The van der Waals surface area contributed by atoms with Gasteiger partial charge in [-0.25, -0.2) is 0 Å². The first-order chi connectivity index (χ1) is 10.3. The molecule has 1 aromatic rings. The molecule has 2 fully saturated rings. The van der Waals surface area contributed by atoms with Crippen LogP contribution in [0.2, 0.25) is 0 Å². The van der Waals surface area contributed by atoms with E-state index in [0.29, 0.717) is 18.2 Å². The Kier molecular flexibility index (Phi) is 4.41. The molecule has 3 rings (SSSR count). The number of ether oxygens (including phenoxy) is 2. The number of nitrogens with one attached hydrogen (secondary N) is 1. The van der Waals surface area contributed by atoms with Crippen LogP contribution < -0.4 is 15.8 Å². The topological polar surface area (TPSA) is 73.6 Å². The third-order valence-electron chi connectivity index (χ3n) is 4.12. The van der Waals surface area contributed by atoms with Crippen molar-refractivity contribution in [2.75, 3.05) is 13.2 Å². The van der Waals surface area contributed by atoms with Crippen molar-refractivity contribution in [1.29, 1.82) is 0 Å². The number of nitrogens with two attached hydrogens (primary N) is 1. The third kappa shape index (κ3) is 3.54. The van der Waals surface area contributed by atoms with E-state index in [9.17, 15) is 4.79 Å². The van der Waals surface area contributed by atoms with Crippen molar-refractivity contribution in [3.8, 4) is 5.75 Å². The Balaban J connectivity index is 1.50. The van der Waals surface area contributed by atoms with Crippen LogP contribution in [0.5, 0.6) is 5.75 Å². The smallest absolute Gasteiger partial charge is 0.258 e. The highest BCUT2D eigenvalue weighted by Gasteiger charge is 2.41. The molecule has 1 aliphatic carbocycles. The SMILES string of the molecule is NCc1ccccc1OCC(=O)NC1CCOC1C1CC1. The molecule has 1 aromatic carbocycles. The van der Waals surface area contributed by atoms with Gasteiger partial charge in [0.05, 0.1) is 12.1 Å². The molecular weight excluding hydrogens is 268 g/mol. The summed E-state index contributed by atoms with van der Waals surface area (Å²) in [6.07, 6.45) is 3.53. The van der Waals surface area contributed by atoms with Crippen LogP contribution in [0.1, 0.15) is 24.8 Å². The second kappa shape index (κ2) is 6.45. The van der Waals surface area contributed by atoms with Crippen LogP contribution in [-0.4, -0.2) is 31.3 Å². The average molecular weight is 290 g/mol. The molecule has 5 heteroatoms. The number of rotatable bonds is 6. The summed E-state index contributed by atoms with van der Waals surface area (Å²) >= 11 is 0. The van der Waals surface area contributed by atoms with Crippen molar-refractivity contribution in [3.63, 3.8) is 0 Å². The Hall–Kier alpha value is -1.59. The fourth-order valence-corrected chi connectivity index (χ4v) is 2.86. The third-order valence-corrected chi connectivity index (χ3v) is 4.12. The van der Waals surface area contributed by atoms with Crippen molar-refractivity contribution in [3.05, 3.63) is 29.8 Å². The van der Waals surface area contributed by atoms with Crippen LogP contribution >= 0.6 is 0 Å². The molecule has 5 nitrogen and oxygen atoms in total. The predicted molar refractivity (Wildman–Crippen MR) is 78.8 cm³/mol. The first-order valence-electron chi connectivity index (χ1n) is 7.59. The van der Waals surface area contributed by atoms with E-state index in [1.54, 1.807) is 0 Å². The highest BCUT2D eigenvalue weighted by molar-refractivity contribution is 5.78. The number of amides is 1. The molecule has 1 amide bonds. The average Bonchev–Trinajstić information content (AvgIpc) is 3.25. The highest BCUT2D eigenvalue weighted by atomic mass is 16.5. The van der Waals surface area contributed by atoms with Crippen LogP contribution in [0, 0.1) is 5.92 Å². The second-order valence-electron chi connectivity index (χ2n) is 5.74. The van der Waals surface area contributed by atoms with Gasteiger partial charge in [0.25, 0.3) is 5.91 Å². The molecule has 0 radical (unpaired) electrons. The van der Waals surface area contributed by atoms with Crippen LogP contribution in [0.3, 0.4) is 0 Å². The van der Waals surface area contributed by atoms with Crippen molar-refractivity contribution < 1.29 is 14.3 Å². The molecule has 2 aliphatic rings. The summed E-state index contributed by atoms with van der Waals surface area (Å²) in [6.45, 7) is 1.16. The van der Waals surface area contributed by atoms with Crippen molar-refractivity contribution in [2.24, 2.45) is 11.7 Å². The number of para-hydroxylation sites is 1. The van der Waals surface area contributed by atoms with E-state index in [4.69, 9.17) is 15.2 Å². The number of carbonyl (C=O) groups is 1. The van der Waals surface area contributed by atoms with E-state index < -0.39 is 0 Å². The van der Waals surface area contributed by atoms with Crippen molar-refractivity contribution >= 4 is 5.91 Å². The number of carbonyl (C=O) groups excluding carboxylic acids is 1. The Morgan fingerprint density at radius 3 is 2.90 bits per heavy atom. The van der Waals surface area contributed by atoms with Crippen LogP contribution in [-0.2, 0) is 16.1 Å². The molecule has 0 spiro atoms. The van der Waals surface area contributed by atoms with Gasteiger partial charge in [0.15, 0.2) is 6.61 Å². The highest BCUT2D eigenvalue weighted by Crippen LogP contribution is 2.38. The summed E-state index contributed by atoms with van der Waals surface area (Å²) in [5.74, 6) is 1.22. The van der Waals surface area contributed by atoms with Gasteiger partial charge < -0.3 is 20.5 Å². The molecule has 1 heterocycles. The van der Waals surface area contributed by atoms with Gasteiger partial charge in [-0.15, -0.1) is 0 Å². The summed E-state index contributed by atoms with van der Waals surface area (Å²) in [5.41, 5.74) is 6.56. The quantitative estimate of drug-likeness (QED) is 0.826. The lowest BCUT2D eigenvalue weighted by Gasteiger charge is -2.19. The molecule has 2 unspecified atom stereocenters. The maximum absolute atomic E-state index is 12.0. The molecule has 114 valence electrons. The number of hydrogen-bond donors (Lipinski definition) is 2. The Bertz CT molecular complexity index is 502. The maximum Gasteiger partial charge on any atom is 0.258 e. The van der Waals surface area contributed by atoms with E-state index in [0.717, 1.165) is 18.6 Å². The van der Waals surface area contributed by atoms with Gasteiger partial charge in [-0.05, 0) is 31.2 Å². The molecule has 0 bridgehead atoms. The molecule has 1 aliphatic heterocycles. The molecule has 1 saturated heterocycles. The molecule has 0 aromatic heterocycles. The number of hydrogen-bond acceptors (Lipinski definition) is 4. The summed E-state index contributed by atoms with van der Waals surface area (Å²) in [4.78, 5) is 12.0. The van der Waals surface area contributed by atoms with Gasteiger partial charge in [0.2, 0.25) is 0 Å². The van der Waals surface area contributed by atoms with E-state index in [1.807, 2.05) is 24.3 Å². The van der Waals surface area contributed by atoms with Gasteiger partial charge in [-0.3, -0.25) is 4.79 Å². The van der Waals surface area contributed by atoms with E-state index in [2.05, 4.69) is 5.32 Å². The first kappa shape index (κ1) is 14.4. The number of benzene rings is 1. The molecule has 3 N–H and O–H groups in total. The van der Waals surface area contributed by atoms with E-state index >= 15 is 0 Å². The van der Waals surface area contributed by atoms with Crippen LogP contribution in [0.25, 0.3) is 0 Å². The normalized spacial score (nSPS) is 24.8. The Morgan fingerprint density at radius 1 is 1.33 bits per heavy atom. The van der Waals surface area contributed by atoms with Gasteiger partial charge in [-0.2, -0.15) is 0 Å². The first-order valence-corrected chi connectivity index (χ1v) is 7.59. The van der Waals surface area contributed by atoms with E-state index in [-0.39, 0.29) is 24.7 Å². The van der Waals surface area contributed by atoms with Crippen LogP contribution in [0.15, 0.2) is 24.3 Å². The Labute approximate surface area is 124 Å². The molecular formula is C16H22N2O3. The van der Waals surface area contributed by atoms with Crippen molar-refractivity contribution in [1.82, 2.24) is 5.32 Å². The fourth-order valence-electron chi connectivity index (χ4n) is 2.86. The summed E-state index contributed by atoms with van der Waals surface area (Å²) in [7, 11) is 0. The fraction of sp³-hybridized carbons (Fsp3) is 0.562. The minimum atomic E-state index is -0.0945. The lowest BCUT2D eigenvalue weighted by molar-refractivity contribution is -0.124. The van der Waals surface area contributed by atoms with Gasteiger partial charge in [0, 0.05) is 18.7 Å². The van der Waals surface area contributed by atoms with E-state index in [1.165, 1.54) is 12.8 Å². The zero-order valence-electron chi connectivity index (χ0n) is 12.1. The summed E-state index contributed by atoms with van der Waals surface area (Å²) in [5, 5.41) is 3.04. The lowest BCUT2D eigenvalue weighted by Crippen LogP contribution is -2.43. The van der Waals surface area contributed by atoms with Gasteiger partial charge in [-0.1, -0.05) is 18.2 Å². The standard InChI is InChI=1S/C16H22N2O3/c17-9-12-3-1-2-4-14(12)21-10-15(19)18-13-7-8-20-16(13)11-5-6-11/h1-4,11,13,16H,5-10,17H2,(H,18,19). The molecule has 2 atom stereocenters. The monoisotopic (exact) mass is 290 g/mol.